The van der Waals surface area contributed by atoms with Gasteiger partial charge in [0.25, 0.3) is 0 Å². The van der Waals surface area contributed by atoms with Gasteiger partial charge in [-0.3, -0.25) is 14.3 Å². The number of morpholine rings is 1. The number of pyridine rings is 1. The zero-order valence-electron chi connectivity index (χ0n) is 13.3. The van der Waals surface area contributed by atoms with E-state index in [9.17, 15) is 4.79 Å². The molecule has 0 unspecified atom stereocenters. The van der Waals surface area contributed by atoms with Gasteiger partial charge in [0.15, 0.2) is 11.0 Å². The number of amides is 1. The fourth-order valence-corrected chi connectivity index (χ4v) is 3.67. The quantitative estimate of drug-likeness (QED) is 0.767. The Morgan fingerprint density at radius 3 is 2.83 bits per heavy atom. The molecular formula is C16H19N5O2S. The SMILES string of the molecule is O=C(CSc1nnc(-c2cccnc2)n1C1CC1)N1CCOCC1. The summed E-state index contributed by atoms with van der Waals surface area (Å²) in [7, 11) is 0. The van der Waals surface area contributed by atoms with Crippen molar-refractivity contribution < 1.29 is 9.53 Å². The Hall–Kier alpha value is -1.93. The van der Waals surface area contributed by atoms with Crippen LogP contribution in [-0.2, 0) is 9.53 Å². The van der Waals surface area contributed by atoms with E-state index in [0.29, 0.717) is 38.1 Å². The maximum absolute atomic E-state index is 12.3. The van der Waals surface area contributed by atoms with Gasteiger partial charge < -0.3 is 9.64 Å². The lowest BCUT2D eigenvalue weighted by Crippen LogP contribution is -2.41. The Labute approximate surface area is 144 Å². The molecular weight excluding hydrogens is 326 g/mol. The van der Waals surface area contributed by atoms with E-state index in [1.165, 1.54) is 11.8 Å². The van der Waals surface area contributed by atoms with E-state index in [0.717, 1.165) is 29.4 Å². The standard InChI is InChI=1S/C16H19N5O2S/c22-14(20-6-8-23-9-7-20)11-24-16-19-18-15(21(16)13-3-4-13)12-2-1-5-17-10-12/h1-2,5,10,13H,3-4,6-9,11H2. The Balaban J connectivity index is 1.49. The van der Waals surface area contributed by atoms with Crippen molar-refractivity contribution in [3.63, 3.8) is 0 Å². The zero-order valence-corrected chi connectivity index (χ0v) is 14.1. The van der Waals surface area contributed by atoms with Crippen molar-refractivity contribution in [3.05, 3.63) is 24.5 Å². The molecule has 0 aromatic carbocycles. The van der Waals surface area contributed by atoms with Gasteiger partial charge in [-0.05, 0) is 25.0 Å². The third-order valence-electron chi connectivity index (χ3n) is 4.18. The van der Waals surface area contributed by atoms with Crippen molar-refractivity contribution in [2.24, 2.45) is 0 Å². The highest BCUT2D eigenvalue weighted by Gasteiger charge is 2.30. The number of nitrogens with zero attached hydrogens (tertiary/aromatic N) is 5. The van der Waals surface area contributed by atoms with E-state index >= 15 is 0 Å². The first-order valence-electron chi connectivity index (χ1n) is 8.16. The van der Waals surface area contributed by atoms with Gasteiger partial charge in [-0.1, -0.05) is 11.8 Å². The zero-order chi connectivity index (χ0) is 16.4. The second-order valence-corrected chi connectivity index (χ2v) is 6.87. The summed E-state index contributed by atoms with van der Waals surface area (Å²) in [6, 6.07) is 4.33. The number of rotatable bonds is 5. The number of ether oxygens (including phenoxy) is 1. The molecule has 126 valence electrons. The van der Waals surface area contributed by atoms with E-state index in [4.69, 9.17) is 4.74 Å². The summed E-state index contributed by atoms with van der Waals surface area (Å²) < 4.78 is 7.45. The Morgan fingerprint density at radius 1 is 1.29 bits per heavy atom. The maximum Gasteiger partial charge on any atom is 0.233 e. The fraction of sp³-hybridized carbons (Fsp3) is 0.500. The van der Waals surface area contributed by atoms with Gasteiger partial charge in [-0.2, -0.15) is 0 Å². The number of carbonyl (C=O) groups is 1. The molecule has 24 heavy (non-hydrogen) atoms. The lowest BCUT2D eigenvalue weighted by molar-refractivity contribution is -0.132. The molecule has 1 aliphatic carbocycles. The van der Waals surface area contributed by atoms with Crippen molar-refractivity contribution in [2.45, 2.75) is 24.0 Å². The van der Waals surface area contributed by atoms with Gasteiger partial charge in [0, 0.05) is 37.1 Å². The molecule has 8 heteroatoms. The molecule has 7 nitrogen and oxygen atoms in total. The molecule has 2 aromatic heterocycles. The number of hydrogen-bond donors (Lipinski definition) is 0. The molecule has 1 aliphatic heterocycles. The van der Waals surface area contributed by atoms with Crippen molar-refractivity contribution in [2.75, 3.05) is 32.1 Å². The van der Waals surface area contributed by atoms with Crippen LogP contribution in [0.1, 0.15) is 18.9 Å². The molecule has 4 rings (SSSR count). The lowest BCUT2D eigenvalue weighted by atomic mass is 10.3. The van der Waals surface area contributed by atoms with Crippen LogP contribution < -0.4 is 0 Å². The number of carbonyl (C=O) groups excluding carboxylic acids is 1. The molecule has 2 fully saturated rings. The van der Waals surface area contributed by atoms with Gasteiger partial charge >= 0.3 is 0 Å². The van der Waals surface area contributed by atoms with Gasteiger partial charge in [0.05, 0.1) is 19.0 Å². The fourth-order valence-electron chi connectivity index (χ4n) is 2.76. The second kappa shape index (κ2) is 6.90. The first kappa shape index (κ1) is 15.6. The summed E-state index contributed by atoms with van der Waals surface area (Å²) in [5, 5.41) is 9.49. The third-order valence-corrected chi connectivity index (χ3v) is 5.11. The predicted molar refractivity (Wildman–Crippen MR) is 89.6 cm³/mol. The first-order chi connectivity index (χ1) is 11.8. The molecule has 1 saturated carbocycles. The average molecular weight is 345 g/mol. The number of thioether (sulfide) groups is 1. The highest BCUT2D eigenvalue weighted by Crippen LogP contribution is 2.40. The summed E-state index contributed by atoms with van der Waals surface area (Å²) >= 11 is 1.47. The predicted octanol–water partition coefficient (Wildman–Crippen LogP) is 1.63. The van der Waals surface area contributed by atoms with E-state index < -0.39 is 0 Å². The van der Waals surface area contributed by atoms with Crippen LogP contribution in [0.3, 0.4) is 0 Å². The highest BCUT2D eigenvalue weighted by molar-refractivity contribution is 7.99. The molecule has 1 saturated heterocycles. The minimum absolute atomic E-state index is 0.136. The van der Waals surface area contributed by atoms with Crippen LogP contribution in [0.15, 0.2) is 29.7 Å². The van der Waals surface area contributed by atoms with Crippen LogP contribution in [0.2, 0.25) is 0 Å². The van der Waals surface area contributed by atoms with Crippen LogP contribution in [0.25, 0.3) is 11.4 Å². The van der Waals surface area contributed by atoms with Crippen LogP contribution >= 0.6 is 11.8 Å². The van der Waals surface area contributed by atoms with Crippen molar-refractivity contribution in [1.82, 2.24) is 24.6 Å². The number of aromatic nitrogens is 4. The maximum atomic E-state index is 12.3. The summed E-state index contributed by atoms with van der Waals surface area (Å²) in [6.45, 7) is 2.60. The molecule has 0 atom stereocenters. The van der Waals surface area contributed by atoms with Crippen LogP contribution in [-0.4, -0.2) is 62.6 Å². The molecule has 0 bridgehead atoms. The second-order valence-electron chi connectivity index (χ2n) is 5.93. The van der Waals surface area contributed by atoms with Crippen LogP contribution in [0.4, 0.5) is 0 Å². The van der Waals surface area contributed by atoms with Crippen molar-refractivity contribution in [1.29, 1.82) is 0 Å². The van der Waals surface area contributed by atoms with Crippen LogP contribution in [0.5, 0.6) is 0 Å². The van der Waals surface area contributed by atoms with Crippen molar-refractivity contribution >= 4 is 17.7 Å². The molecule has 0 spiro atoms. The normalized spacial score (nSPS) is 17.9. The first-order valence-corrected chi connectivity index (χ1v) is 9.15. The molecule has 2 aromatic rings. The smallest absolute Gasteiger partial charge is 0.233 e. The van der Waals surface area contributed by atoms with Gasteiger partial charge in [0.1, 0.15) is 0 Å². The molecule has 0 radical (unpaired) electrons. The molecule has 2 aliphatic rings. The Kier molecular flexibility index (Phi) is 4.48. The third kappa shape index (κ3) is 3.29. The summed E-state index contributed by atoms with van der Waals surface area (Å²) in [4.78, 5) is 18.4. The number of hydrogen-bond acceptors (Lipinski definition) is 6. The summed E-state index contributed by atoms with van der Waals surface area (Å²) in [6.07, 6.45) is 5.82. The minimum atomic E-state index is 0.136. The Bertz CT molecular complexity index is 711. The Morgan fingerprint density at radius 2 is 2.12 bits per heavy atom. The largest absolute Gasteiger partial charge is 0.378 e. The lowest BCUT2D eigenvalue weighted by Gasteiger charge is -2.26. The van der Waals surface area contributed by atoms with Gasteiger partial charge in [0.2, 0.25) is 5.91 Å². The van der Waals surface area contributed by atoms with Crippen molar-refractivity contribution in [3.8, 4) is 11.4 Å². The average Bonchev–Trinajstić information content (AvgIpc) is 3.40. The topological polar surface area (TPSA) is 73.1 Å². The van der Waals surface area contributed by atoms with E-state index in [1.54, 1.807) is 12.4 Å². The van der Waals surface area contributed by atoms with E-state index in [2.05, 4.69) is 19.7 Å². The minimum Gasteiger partial charge on any atom is -0.378 e. The van der Waals surface area contributed by atoms with E-state index in [1.807, 2.05) is 17.0 Å². The van der Waals surface area contributed by atoms with Gasteiger partial charge in [-0.25, -0.2) is 0 Å². The highest BCUT2D eigenvalue weighted by atomic mass is 32.2. The summed E-state index contributed by atoms with van der Waals surface area (Å²) in [5.41, 5.74) is 0.961. The van der Waals surface area contributed by atoms with E-state index in [-0.39, 0.29) is 5.91 Å². The molecule has 0 N–H and O–H groups in total. The van der Waals surface area contributed by atoms with Crippen LogP contribution in [0, 0.1) is 0 Å². The molecule has 1 amide bonds. The molecule has 3 heterocycles. The van der Waals surface area contributed by atoms with Gasteiger partial charge in [-0.15, -0.1) is 10.2 Å². The summed E-state index contributed by atoms with van der Waals surface area (Å²) in [5.74, 6) is 1.36. The monoisotopic (exact) mass is 345 g/mol.